The second kappa shape index (κ2) is 7.16. The van der Waals surface area contributed by atoms with Crippen molar-refractivity contribution >= 4 is 28.5 Å². The van der Waals surface area contributed by atoms with Gasteiger partial charge in [-0.1, -0.05) is 24.3 Å². The van der Waals surface area contributed by atoms with Crippen LogP contribution in [0.3, 0.4) is 0 Å². The SMILES string of the molecule is Cn1cc(CC(=O)N2C[C@@H]3CN(C(=O)c4cccc(N)n4)CC[C@@H]32)c2ccccc21. The standard InChI is InChI=1S/C23H25N5O2/c1-26-12-15(17-5-2-3-7-20(17)26)11-22(29)28-14-16-13-27(10-9-19(16)28)23(30)18-6-4-8-21(24)25-18/h2-8,12,16,19H,9-11,13-14H2,1H3,(H2,24,25)/t16-,19-/m0/s1. The Hall–Kier alpha value is -3.35. The number of carbonyl (C=O) groups is 2. The van der Waals surface area contributed by atoms with Crippen molar-refractivity contribution in [1.29, 1.82) is 0 Å². The van der Waals surface area contributed by atoms with Gasteiger partial charge in [-0.05, 0) is 30.2 Å². The Kier molecular flexibility index (Phi) is 4.46. The van der Waals surface area contributed by atoms with Gasteiger partial charge in [0.2, 0.25) is 5.91 Å². The summed E-state index contributed by atoms with van der Waals surface area (Å²) in [6.45, 7) is 2.01. The number of nitrogens with zero attached hydrogens (tertiary/aromatic N) is 4. The summed E-state index contributed by atoms with van der Waals surface area (Å²) in [4.78, 5) is 33.7. The molecule has 2 saturated heterocycles. The molecule has 2 fully saturated rings. The van der Waals surface area contributed by atoms with Crippen LogP contribution in [0.1, 0.15) is 22.5 Å². The van der Waals surface area contributed by atoms with E-state index in [0.717, 1.165) is 22.9 Å². The van der Waals surface area contributed by atoms with E-state index in [1.807, 2.05) is 29.0 Å². The molecule has 2 aromatic heterocycles. The van der Waals surface area contributed by atoms with Gasteiger partial charge in [0.25, 0.3) is 5.91 Å². The zero-order valence-corrected chi connectivity index (χ0v) is 17.0. The molecule has 2 atom stereocenters. The van der Waals surface area contributed by atoms with Crippen LogP contribution < -0.4 is 5.73 Å². The molecule has 0 spiro atoms. The third-order valence-electron chi connectivity index (χ3n) is 6.44. The Bertz CT molecular complexity index is 1140. The van der Waals surface area contributed by atoms with Gasteiger partial charge in [-0.3, -0.25) is 9.59 Å². The smallest absolute Gasteiger partial charge is 0.272 e. The molecule has 0 saturated carbocycles. The number of fused-ring (bicyclic) bond motifs is 2. The minimum atomic E-state index is -0.0821. The van der Waals surface area contributed by atoms with Crippen LogP contribution in [0.2, 0.25) is 0 Å². The maximum atomic E-state index is 13.0. The van der Waals surface area contributed by atoms with Crippen molar-refractivity contribution in [3.63, 3.8) is 0 Å². The van der Waals surface area contributed by atoms with Crippen LogP contribution in [0.4, 0.5) is 5.82 Å². The van der Waals surface area contributed by atoms with Crippen molar-refractivity contribution in [2.24, 2.45) is 13.0 Å². The number of nitrogen functional groups attached to an aromatic ring is 1. The third kappa shape index (κ3) is 3.10. The Morgan fingerprint density at radius 3 is 2.77 bits per heavy atom. The molecule has 0 unspecified atom stereocenters. The summed E-state index contributed by atoms with van der Waals surface area (Å²) in [5, 5.41) is 1.14. The van der Waals surface area contributed by atoms with E-state index in [1.165, 1.54) is 0 Å². The first kappa shape index (κ1) is 18.7. The number of anilines is 1. The summed E-state index contributed by atoms with van der Waals surface area (Å²) in [6.07, 6.45) is 3.28. The number of benzene rings is 1. The Morgan fingerprint density at radius 1 is 1.13 bits per heavy atom. The van der Waals surface area contributed by atoms with E-state index < -0.39 is 0 Å². The van der Waals surface area contributed by atoms with Crippen LogP contribution in [-0.4, -0.2) is 56.8 Å². The molecule has 0 aliphatic carbocycles. The quantitative estimate of drug-likeness (QED) is 0.726. The molecule has 2 amide bonds. The monoisotopic (exact) mass is 403 g/mol. The Balaban J connectivity index is 1.23. The molecule has 154 valence electrons. The summed E-state index contributed by atoms with van der Waals surface area (Å²) in [5.74, 6) is 0.774. The van der Waals surface area contributed by atoms with E-state index in [0.29, 0.717) is 43.5 Å². The molecule has 30 heavy (non-hydrogen) atoms. The number of likely N-dealkylation sites (tertiary alicyclic amines) is 2. The van der Waals surface area contributed by atoms with Crippen LogP contribution in [0.15, 0.2) is 48.7 Å². The van der Waals surface area contributed by atoms with Crippen LogP contribution >= 0.6 is 0 Å². The first-order valence-corrected chi connectivity index (χ1v) is 10.4. The maximum absolute atomic E-state index is 13.0. The van der Waals surface area contributed by atoms with E-state index in [-0.39, 0.29) is 17.9 Å². The summed E-state index contributed by atoms with van der Waals surface area (Å²) in [6, 6.07) is 13.5. The Labute approximate surface area is 175 Å². The number of piperidine rings is 1. The third-order valence-corrected chi connectivity index (χ3v) is 6.44. The molecule has 3 aromatic rings. The number of amides is 2. The molecule has 7 heteroatoms. The van der Waals surface area contributed by atoms with Gasteiger partial charge in [0, 0.05) is 55.7 Å². The average molecular weight is 403 g/mol. The highest BCUT2D eigenvalue weighted by molar-refractivity contribution is 5.93. The van der Waals surface area contributed by atoms with Crippen LogP contribution in [-0.2, 0) is 18.3 Å². The summed E-state index contributed by atoms with van der Waals surface area (Å²) in [5.41, 5.74) is 8.31. The molecule has 2 N–H and O–H groups in total. The fourth-order valence-corrected chi connectivity index (χ4v) is 4.89. The molecular formula is C23H25N5O2. The molecule has 2 aliphatic heterocycles. The predicted molar refractivity (Wildman–Crippen MR) is 115 cm³/mol. The lowest BCUT2D eigenvalue weighted by molar-refractivity contribution is -0.146. The second-order valence-electron chi connectivity index (χ2n) is 8.32. The average Bonchev–Trinajstić information content (AvgIpc) is 3.04. The van der Waals surface area contributed by atoms with Crippen molar-refractivity contribution < 1.29 is 9.59 Å². The molecule has 7 nitrogen and oxygen atoms in total. The zero-order valence-electron chi connectivity index (χ0n) is 17.0. The molecule has 0 bridgehead atoms. The van der Waals surface area contributed by atoms with Crippen molar-refractivity contribution in [3.05, 3.63) is 59.9 Å². The first-order chi connectivity index (χ1) is 14.5. The highest BCUT2D eigenvalue weighted by Crippen LogP contribution is 2.34. The minimum absolute atomic E-state index is 0.0821. The number of hydrogen-bond acceptors (Lipinski definition) is 4. The highest BCUT2D eigenvalue weighted by Gasteiger charge is 2.45. The molecule has 5 rings (SSSR count). The number of para-hydroxylation sites is 1. The van der Waals surface area contributed by atoms with E-state index >= 15 is 0 Å². The van der Waals surface area contributed by atoms with Crippen molar-refractivity contribution in [1.82, 2.24) is 19.4 Å². The van der Waals surface area contributed by atoms with Gasteiger partial charge in [0.15, 0.2) is 0 Å². The maximum Gasteiger partial charge on any atom is 0.272 e. The minimum Gasteiger partial charge on any atom is -0.384 e. The lowest BCUT2D eigenvalue weighted by Gasteiger charge is -2.53. The van der Waals surface area contributed by atoms with Crippen LogP contribution in [0, 0.1) is 5.92 Å². The van der Waals surface area contributed by atoms with Crippen molar-refractivity contribution in [2.45, 2.75) is 18.9 Å². The van der Waals surface area contributed by atoms with Gasteiger partial charge in [-0.15, -0.1) is 0 Å². The number of aryl methyl sites for hydroxylation is 1. The molecule has 1 aromatic carbocycles. The normalized spacial score (nSPS) is 20.7. The second-order valence-corrected chi connectivity index (χ2v) is 8.32. The lowest BCUT2D eigenvalue weighted by Crippen LogP contribution is -2.65. The van der Waals surface area contributed by atoms with Gasteiger partial charge >= 0.3 is 0 Å². The van der Waals surface area contributed by atoms with E-state index in [2.05, 4.69) is 27.9 Å². The van der Waals surface area contributed by atoms with Crippen LogP contribution in [0.25, 0.3) is 10.9 Å². The topological polar surface area (TPSA) is 84.5 Å². The Morgan fingerprint density at radius 2 is 1.97 bits per heavy atom. The number of rotatable bonds is 3. The van der Waals surface area contributed by atoms with Gasteiger partial charge in [-0.2, -0.15) is 0 Å². The fourth-order valence-electron chi connectivity index (χ4n) is 4.89. The highest BCUT2D eigenvalue weighted by atomic mass is 16.2. The number of nitrogens with two attached hydrogens (primary N) is 1. The van der Waals surface area contributed by atoms with E-state index in [4.69, 9.17) is 5.73 Å². The predicted octanol–water partition coefficient (Wildman–Crippen LogP) is 2.07. The van der Waals surface area contributed by atoms with Gasteiger partial charge in [-0.25, -0.2) is 4.98 Å². The number of aromatic nitrogens is 2. The van der Waals surface area contributed by atoms with Gasteiger partial charge < -0.3 is 20.1 Å². The molecule has 0 radical (unpaired) electrons. The summed E-state index contributed by atoms with van der Waals surface area (Å²) < 4.78 is 2.07. The summed E-state index contributed by atoms with van der Waals surface area (Å²) >= 11 is 0. The molecule has 4 heterocycles. The lowest BCUT2D eigenvalue weighted by atomic mass is 9.82. The van der Waals surface area contributed by atoms with E-state index in [9.17, 15) is 9.59 Å². The van der Waals surface area contributed by atoms with Gasteiger partial charge in [0.1, 0.15) is 11.5 Å². The van der Waals surface area contributed by atoms with Gasteiger partial charge in [0.05, 0.1) is 6.42 Å². The fraction of sp³-hybridized carbons (Fsp3) is 0.348. The van der Waals surface area contributed by atoms with Crippen molar-refractivity contribution in [3.8, 4) is 0 Å². The van der Waals surface area contributed by atoms with Crippen molar-refractivity contribution in [2.75, 3.05) is 25.4 Å². The largest absolute Gasteiger partial charge is 0.384 e. The molecular weight excluding hydrogens is 378 g/mol. The van der Waals surface area contributed by atoms with E-state index in [1.54, 1.807) is 18.2 Å². The first-order valence-electron chi connectivity index (χ1n) is 10.4. The molecule has 2 aliphatic rings. The van der Waals surface area contributed by atoms with Crippen LogP contribution in [0.5, 0.6) is 0 Å². The summed E-state index contributed by atoms with van der Waals surface area (Å²) in [7, 11) is 2.01. The zero-order chi connectivity index (χ0) is 20.8. The number of pyridine rings is 1. The number of hydrogen-bond donors (Lipinski definition) is 1. The number of carbonyl (C=O) groups excluding carboxylic acids is 2.